The summed E-state index contributed by atoms with van der Waals surface area (Å²) in [5.41, 5.74) is 2.64. The van der Waals surface area contributed by atoms with Crippen molar-refractivity contribution in [2.45, 2.75) is 31.8 Å². The van der Waals surface area contributed by atoms with E-state index in [2.05, 4.69) is 26.6 Å². The molecule has 0 radical (unpaired) electrons. The molecule has 9 nitrogen and oxygen atoms in total. The zero-order valence-electron chi connectivity index (χ0n) is 15.9. The summed E-state index contributed by atoms with van der Waals surface area (Å²) >= 11 is 0. The predicted molar refractivity (Wildman–Crippen MR) is 104 cm³/mol. The highest BCUT2D eigenvalue weighted by Crippen LogP contribution is 2.36. The summed E-state index contributed by atoms with van der Waals surface area (Å²) in [6.45, 7) is 2.45. The van der Waals surface area contributed by atoms with Crippen molar-refractivity contribution in [3.8, 4) is 11.3 Å². The van der Waals surface area contributed by atoms with Gasteiger partial charge in [-0.05, 0) is 41.0 Å². The van der Waals surface area contributed by atoms with Crippen molar-refractivity contribution in [1.29, 1.82) is 0 Å². The standard InChI is InChI=1S/C20H21N7O2/c28-19(4-6-26-13-22-23-24-26)25-10-14-7-16(12-25)18-8-15(9-20(29)27(18)11-14)17-3-1-2-5-21-17/h1-3,5,8-9,13-14,16H,4,6-7,10-12H2/t14-,16+/m0/s1. The molecule has 0 unspecified atom stereocenters. The molecule has 1 fully saturated rings. The fourth-order valence-electron chi connectivity index (χ4n) is 4.50. The van der Waals surface area contributed by atoms with Crippen LogP contribution in [0.2, 0.25) is 0 Å². The molecule has 0 saturated carbocycles. The van der Waals surface area contributed by atoms with Crippen LogP contribution in [0.1, 0.15) is 24.5 Å². The van der Waals surface area contributed by atoms with Crippen LogP contribution in [0.15, 0.2) is 47.7 Å². The minimum atomic E-state index is 0.0105. The Bertz CT molecular complexity index is 1080. The van der Waals surface area contributed by atoms with Crippen LogP contribution in [-0.2, 0) is 17.9 Å². The molecule has 0 N–H and O–H groups in total. The van der Waals surface area contributed by atoms with Gasteiger partial charge in [-0.2, -0.15) is 0 Å². The van der Waals surface area contributed by atoms with Crippen molar-refractivity contribution in [3.05, 3.63) is 58.9 Å². The highest BCUT2D eigenvalue weighted by molar-refractivity contribution is 5.76. The van der Waals surface area contributed by atoms with Crippen LogP contribution in [-0.4, -0.2) is 53.7 Å². The summed E-state index contributed by atoms with van der Waals surface area (Å²) < 4.78 is 3.45. The Labute approximate surface area is 167 Å². The Morgan fingerprint density at radius 1 is 1.17 bits per heavy atom. The molecular weight excluding hydrogens is 370 g/mol. The van der Waals surface area contributed by atoms with E-state index in [0.29, 0.717) is 38.5 Å². The van der Waals surface area contributed by atoms with Crippen molar-refractivity contribution in [1.82, 2.24) is 34.7 Å². The van der Waals surface area contributed by atoms with Gasteiger partial charge in [-0.25, -0.2) is 4.68 Å². The normalized spacial score (nSPS) is 20.3. The summed E-state index contributed by atoms with van der Waals surface area (Å²) in [6, 6.07) is 9.43. The van der Waals surface area contributed by atoms with E-state index < -0.39 is 0 Å². The number of hydrogen-bond acceptors (Lipinski definition) is 6. The van der Waals surface area contributed by atoms with Gasteiger partial charge in [0.25, 0.3) is 5.56 Å². The number of nitrogens with zero attached hydrogens (tertiary/aromatic N) is 7. The SMILES string of the molecule is O=C(CCn1cnnn1)N1C[C@@H]2C[C@H](C1)c1cc(-c3ccccn3)cc(=O)n1C2. The van der Waals surface area contributed by atoms with E-state index in [1.54, 1.807) is 16.9 Å². The van der Waals surface area contributed by atoms with Gasteiger partial charge in [-0.1, -0.05) is 6.07 Å². The number of rotatable bonds is 4. The van der Waals surface area contributed by atoms with E-state index in [-0.39, 0.29) is 17.4 Å². The second-order valence-electron chi connectivity index (χ2n) is 7.75. The zero-order valence-corrected chi connectivity index (χ0v) is 15.9. The molecule has 0 aliphatic carbocycles. The lowest BCUT2D eigenvalue weighted by atomic mass is 9.82. The average Bonchev–Trinajstić information content (AvgIpc) is 3.27. The number of amides is 1. The fourth-order valence-corrected chi connectivity index (χ4v) is 4.50. The molecule has 148 valence electrons. The van der Waals surface area contributed by atoms with Crippen LogP contribution in [0, 0.1) is 5.92 Å². The lowest BCUT2D eigenvalue weighted by molar-refractivity contribution is -0.134. The van der Waals surface area contributed by atoms with Gasteiger partial charge in [0.15, 0.2) is 0 Å². The van der Waals surface area contributed by atoms with Crippen molar-refractivity contribution in [2.75, 3.05) is 13.1 Å². The first-order chi connectivity index (χ1) is 14.2. The number of piperidine rings is 1. The number of carbonyl (C=O) groups is 1. The maximum absolute atomic E-state index is 12.8. The van der Waals surface area contributed by atoms with E-state index in [9.17, 15) is 9.59 Å². The third-order valence-electron chi connectivity index (χ3n) is 5.82. The summed E-state index contributed by atoms with van der Waals surface area (Å²) in [7, 11) is 0. The number of likely N-dealkylation sites (tertiary alicyclic amines) is 1. The first kappa shape index (κ1) is 17.7. The minimum Gasteiger partial charge on any atom is -0.342 e. The number of aromatic nitrogens is 6. The van der Waals surface area contributed by atoms with Crippen LogP contribution in [0.5, 0.6) is 0 Å². The lowest BCUT2D eigenvalue weighted by Crippen LogP contribution is -2.49. The highest BCUT2D eigenvalue weighted by atomic mass is 16.2. The summed E-state index contributed by atoms with van der Waals surface area (Å²) in [4.78, 5) is 31.8. The molecule has 3 aromatic heterocycles. The molecule has 2 aliphatic rings. The number of aryl methyl sites for hydroxylation is 1. The predicted octanol–water partition coefficient (Wildman–Crippen LogP) is 0.933. The van der Waals surface area contributed by atoms with Gasteiger partial charge < -0.3 is 9.47 Å². The Hall–Kier alpha value is -3.36. The van der Waals surface area contributed by atoms with Crippen molar-refractivity contribution in [2.24, 2.45) is 5.92 Å². The Kier molecular flexibility index (Phi) is 4.42. The molecule has 2 aliphatic heterocycles. The topological polar surface area (TPSA) is 98.8 Å². The minimum absolute atomic E-state index is 0.0105. The first-order valence-electron chi connectivity index (χ1n) is 9.82. The Balaban J connectivity index is 1.38. The molecule has 0 aromatic carbocycles. The number of carbonyl (C=O) groups excluding carboxylic acids is 1. The van der Waals surface area contributed by atoms with Gasteiger partial charge in [0.2, 0.25) is 5.91 Å². The van der Waals surface area contributed by atoms with Crippen molar-refractivity contribution in [3.63, 3.8) is 0 Å². The van der Waals surface area contributed by atoms with Crippen molar-refractivity contribution < 1.29 is 4.79 Å². The summed E-state index contributed by atoms with van der Waals surface area (Å²) in [6.07, 6.45) is 4.61. The molecule has 9 heteroatoms. The number of pyridine rings is 2. The second-order valence-corrected chi connectivity index (χ2v) is 7.75. The molecule has 0 spiro atoms. The lowest BCUT2D eigenvalue weighted by Gasteiger charge is -2.43. The molecule has 29 heavy (non-hydrogen) atoms. The first-order valence-corrected chi connectivity index (χ1v) is 9.82. The molecule has 1 amide bonds. The maximum atomic E-state index is 12.8. The zero-order chi connectivity index (χ0) is 19.8. The molecule has 2 bridgehead atoms. The third kappa shape index (κ3) is 3.43. The van der Waals surface area contributed by atoms with Gasteiger partial charge in [0.05, 0.1) is 12.2 Å². The van der Waals surface area contributed by atoms with E-state index in [0.717, 1.165) is 23.4 Å². The molecule has 3 aromatic rings. The molecule has 5 rings (SSSR count). The van der Waals surface area contributed by atoms with Gasteiger partial charge in [-0.15, -0.1) is 5.10 Å². The largest absolute Gasteiger partial charge is 0.342 e. The summed E-state index contributed by atoms with van der Waals surface area (Å²) in [5, 5.41) is 11.0. The maximum Gasteiger partial charge on any atom is 0.251 e. The quantitative estimate of drug-likeness (QED) is 0.656. The van der Waals surface area contributed by atoms with Gasteiger partial charge >= 0.3 is 0 Å². The van der Waals surface area contributed by atoms with Crippen LogP contribution in [0.25, 0.3) is 11.3 Å². The molecule has 1 saturated heterocycles. The van der Waals surface area contributed by atoms with E-state index in [4.69, 9.17) is 0 Å². The number of hydrogen-bond donors (Lipinski definition) is 0. The fraction of sp³-hybridized carbons (Fsp3) is 0.400. The van der Waals surface area contributed by atoms with Crippen molar-refractivity contribution >= 4 is 5.91 Å². The number of tetrazole rings is 1. The molecule has 5 heterocycles. The number of fused-ring (bicyclic) bond motifs is 4. The van der Waals surface area contributed by atoms with Gasteiger partial charge in [0, 0.05) is 55.5 Å². The van der Waals surface area contributed by atoms with E-state index >= 15 is 0 Å². The molecular formula is C20H21N7O2. The van der Waals surface area contributed by atoms with Gasteiger partial charge in [-0.3, -0.25) is 14.6 Å². The second kappa shape index (κ2) is 7.23. The smallest absolute Gasteiger partial charge is 0.251 e. The molecule has 2 atom stereocenters. The van der Waals surface area contributed by atoms with Crippen LogP contribution in [0.4, 0.5) is 0 Å². The van der Waals surface area contributed by atoms with Crippen LogP contribution in [0.3, 0.4) is 0 Å². The monoisotopic (exact) mass is 391 g/mol. The average molecular weight is 391 g/mol. The summed E-state index contributed by atoms with van der Waals surface area (Å²) in [5.74, 6) is 0.569. The van der Waals surface area contributed by atoms with E-state index in [1.165, 1.54) is 6.33 Å². The van der Waals surface area contributed by atoms with Crippen LogP contribution >= 0.6 is 0 Å². The van der Waals surface area contributed by atoms with Crippen LogP contribution < -0.4 is 5.56 Å². The van der Waals surface area contributed by atoms with Gasteiger partial charge in [0.1, 0.15) is 6.33 Å². The Morgan fingerprint density at radius 3 is 2.90 bits per heavy atom. The Morgan fingerprint density at radius 2 is 2.10 bits per heavy atom. The highest BCUT2D eigenvalue weighted by Gasteiger charge is 2.36. The third-order valence-corrected chi connectivity index (χ3v) is 5.82. The van der Waals surface area contributed by atoms with E-state index in [1.807, 2.05) is 27.7 Å².